The van der Waals surface area contributed by atoms with Crippen LogP contribution in [0.3, 0.4) is 0 Å². The molecule has 8 nitrogen and oxygen atoms in total. The number of carbonyl (C=O) groups is 2. The Kier molecular flexibility index (Phi) is 12.4. The van der Waals surface area contributed by atoms with E-state index in [9.17, 15) is 20.1 Å². The summed E-state index contributed by atoms with van der Waals surface area (Å²) in [5.74, 6) is 1.46. The molecule has 4 aromatic carbocycles. The van der Waals surface area contributed by atoms with Gasteiger partial charge in [-0.1, -0.05) is 108 Å². The minimum absolute atomic E-state index is 0.0563. The van der Waals surface area contributed by atoms with Gasteiger partial charge in [-0.05, 0) is 103 Å². The third-order valence-corrected chi connectivity index (χ3v) is 11.2. The first-order valence-corrected chi connectivity index (χ1v) is 19.1. The highest BCUT2D eigenvalue weighted by Crippen LogP contribution is 2.69. The fourth-order valence-electron chi connectivity index (χ4n) is 6.80. The van der Waals surface area contributed by atoms with Crippen molar-refractivity contribution < 1.29 is 28.5 Å². The molecule has 0 aromatic heterocycles. The lowest BCUT2D eigenvalue weighted by Crippen LogP contribution is -2.15. The largest absolute Gasteiger partial charge is 0.457 e. The minimum Gasteiger partial charge on any atom is -0.457 e. The Morgan fingerprint density at radius 2 is 1.04 bits per heavy atom. The maximum absolute atomic E-state index is 12.7. The van der Waals surface area contributed by atoms with Crippen LogP contribution in [0.1, 0.15) is 64.9 Å². The van der Waals surface area contributed by atoms with E-state index in [4.69, 9.17) is 18.9 Å². The quantitative estimate of drug-likeness (QED) is 0.137. The standard InChI is InChI=1S/C22H19Br2NO3.C22H23NO3/c1-22(2)17(12-19(23)24)20(22)21(26)28-18(13-25)14-7-6-10-16(11-14)27-15-8-4-3-5-9-15;1-21(2)19(22(21,3)4)20(24)26-18(14-23)15-9-8-12-17(13-15)25-16-10-6-5-7-11-16/h3-12,17-18,20H,1-2H3;5-13,18-19H,1-4H3/t17-,18+,20-;/m0./s1. The van der Waals surface area contributed by atoms with Gasteiger partial charge in [0.1, 0.15) is 35.1 Å². The number of rotatable bonds is 11. The topological polar surface area (TPSA) is 119 Å². The molecule has 4 aromatic rings. The normalized spacial score (nSPS) is 19.4. The Morgan fingerprint density at radius 3 is 1.43 bits per heavy atom. The van der Waals surface area contributed by atoms with Gasteiger partial charge in [0.25, 0.3) is 0 Å². The van der Waals surface area contributed by atoms with Crippen LogP contribution in [0.4, 0.5) is 0 Å². The first kappa shape index (κ1) is 40.3. The molecule has 4 atom stereocenters. The molecule has 0 bridgehead atoms. The molecule has 10 heteroatoms. The second-order valence-corrected chi connectivity index (χ2v) is 17.8. The summed E-state index contributed by atoms with van der Waals surface area (Å²) in [7, 11) is 0. The van der Waals surface area contributed by atoms with Crippen molar-refractivity contribution in [2.45, 2.75) is 53.8 Å². The van der Waals surface area contributed by atoms with Crippen LogP contribution in [0.15, 0.2) is 119 Å². The number of allylic oxidation sites excluding steroid dienone is 1. The molecule has 0 saturated heterocycles. The van der Waals surface area contributed by atoms with Crippen molar-refractivity contribution in [3.8, 4) is 35.1 Å². The summed E-state index contributed by atoms with van der Waals surface area (Å²) in [6, 6.07) is 37.1. The fraction of sp³-hybridized carbons (Fsp3) is 0.318. The Hall–Kier alpha value is -4.90. The summed E-state index contributed by atoms with van der Waals surface area (Å²) in [5, 5.41) is 19.1. The Balaban J connectivity index is 0.000000208. The molecule has 2 fully saturated rings. The number of para-hydroxylation sites is 2. The van der Waals surface area contributed by atoms with Gasteiger partial charge in [-0.25, -0.2) is 0 Å². The number of ether oxygens (including phenoxy) is 4. The number of esters is 2. The second kappa shape index (κ2) is 16.6. The van der Waals surface area contributed by atoms with E-state index in [1.807, 2.05) is 80.6 Å². The van der Waals surface area contributed by atoms with Crippen molar-refractivity contribution in [2.24, 2.45) is 34.0 Å². The van der Waals surface area contributed by atoms with Crippen LogP contribution >= 0.6 is 31.9 Å². The third kappa shape index (κ3) is 9.24. The molecule has 2 aliphatic rings. The van der Waals surface area contributed by atoms with Crippen molar-refractivity contribution in [3.05, 3.63) is 130 Å². The fourth-order valence-corrected chi connectivity index (χ4v) is 7.37. The molecule has 0 heterocycles. The van der Waals surface area contributed by atoms with Gasteiger partial charge < -0.3 is 18.9 Å². The van der Waals surface area contributed by atoms with Gasteiger partial charge in [0.15, 0.2) is 0 Å². The van der Waals surface area contributed by atoms with Crippen LogP contribution in [0.5, 0.6) is 23.0 Å². The van der Waals surface area contributed by atoms with Crippen molar-refractivity contribution in [3.63, 3.8) is 0 Å². The van der Waals surface area contributed by atoms with E-state index in [-0.39, 0.29) is 45.9 Å². The molecule has 2 aliphatic carbocycles. The van der Waals surface area contributed by atoms with Crippen LogP contribution in [-0.2, 0) is 19.1 Å². The number of hydrogen-bond donors (Lipinski definition) is 0. The van der Waals surface area contributed by atoms with Crippen molar-refractivity contribution in [1.29, 1.82) is 10.5 Å². The number of halogens is 2. The van der Waals surface area contributed by atoms with Crippen molar-refractivity contribution in [1.82, 2.24) is 0 Å². The van der Waals surface area contributed by atoms with Gasteiger partial charge >= 0.3 is 11.9 Å². The van der Waals surface area contributed by atoms with Gasteiger partial charge in [0.05, 0.1) is 15.2 Å². The molecule has 54 heavy (non-hydrogen) atoms. The van der Waals surface area contributed by atoms with E-state index in [1.54, 1.807) is 48.5 Å². The lowest BCUT2D eigenvalue weighted by atomic mass is 10.0. The molecule has 1 unspecified atom stereocenters. The van der Waals surface area contributed by atoms with Crippen LogP contribution in [0.2, 0.25) is 0 Å². The average Bonchev–Trinajstić information content (AvgIpc) is 3.84. The highest BCUT2D eigenvalue weighted by molar-refractivity contribution is 9.28. The molecule has 0 N–H and O–H groups in total. The van der Waals surface area contributed by atoms with E-state index in [2.05, 4.69) is 71.7 Å². The smallest absolute Gasteiger partial charge is 0.311 e. The summed E-state index contributed by atoms with van der Waals surface area (Å²) >= 11 is 6.68. The van der Waals surface area contributed by atoms with Gasteiger partial charge in [-0.15, -0.1) is 0 Å². The zero-order chi connectivity index (χ0) is 39.3. The van der Waals surface area contributed by atoms with Crippen LogP contribution < -0.4 is 9.47 Å². The highest BCUT2D eigenvalue weighted by Gasteiger charge is 2.69. The van der Waals surface area contributed by atoms with Crippen LogP contribution in [-0.4, -0.2) is 11.9 Å². The van der Waals surface area contributed by atoms with Crippen LogP contribution in [0, 0.1) is 56.7 Å². The maximum atomic E-state index is 12.7. The molecule has 2 saturated carbocycles. The average molecular weight is 855 g/mol. The molecule has 0 aliphatic heterocycles. The van der Waals surface area contributed by atoms with Gasteiger partial charge in [-0.2, -0.15) is 10.5 Å². The van der Waals surface area contributed by atoms with E-state index in [0.717, 1.165) is 3.39 Å². The number of hydrogen-bond acceptors (Lipinski definition) is 8. The number of nitrogens with zero attached hydrogens (tertiary/aromatic N) is 2. The Morgan fingerprint density at radius 1 is 0.630 bits per heavy atom. The summed E-state index contributed by atoms with van der Waals surface area (Å²) in [4.78, 5) is 25.2. The SMILES string of the molecule is CC1(C)C(C(=O)OC(C#N)c2cccc(Oc3ccccc3)c2)C1(C)C.CC1(C)[C@H](C(=O)O[C@H](C#N)c2cccc(Oc3ccccc3)c2)[C@@H]1C=C(Br)Br. The van der Waals surface area contributed by atoms with Crippen molar-refractivity contribution in [2.75, 3.05) is 0 Å². The molecule has 278 valence electrons. The predicted molar refractivity (Wildman–Crippen MR) is 213 cm³/mol. The molecule has 0 radical (unpaired) electrons. The zero-order valence-corrected chi connectivity index (χ0v) is 34.1. The van der Waals surface area contributed by atoms with E-state index in [0.29, 0.717) is 34.1 Å². The maximum Gasteiger partial charge on any atom is 0.311 e. The first-order valence-electron chi connectivity index (χ1n) is 17.5. The molecule has 6 rings (SSSR count). The third-order valence-electron chi connectivity index (χ3n) is 10.7. The number of nitriles is 2. The Bertz CT molecular complexity index is 2070. The molecular formula is C44H42Br2N2O6. The lowest BCUT2D eigenvalue weighted by Gasteiger charge is -2.14. The van der Waals surface area contributed by atoms with E-state index < -0.39 is 12.2 Å². The summed E-state index contributed by atoms with van der Waals surface area (Å²) < 4.78 is 23.5. The van der Waals surface area contributed by atoms with Crippen LogP contribution in [0.25, 0.3) is 0 Å². The molecule has 0 spiro atoms. The molecule has 0 amide bonds. The summed E-state index contributed by atoms with van der Waals surface area (Å²) in [5.41, 5.74) is 0.731. The lowest BCUT2D eigenvalue weighted by molar-refractivity contribution is -0.150. The van der Waals surface area contributed by atoms with Gasteiger partial charge in [0.2, 0.25) is 12.2 Å². The number of carbonyl (C=O) groups excluding carboxylic acids is 2. The van der Waals surface area contributed by atoms with E-state index in [1.165, 1.54) is 0 Å². The highest BCUT2D eigenvalue weighted by atomic mass is 79.9. The zero-order valence-electron chi connectivity index (χ0n) is 31.0. The Labute approximate surface area is 334 Å². The summed E-state index contributed by atoms with van der Waals surface area (Å²) in [6.45, 7) is 12.2. The van der Waals surface area contributed by atoms with Crippen molar-refractivity contribution >= 4 is 43.8 Å². The number of benzene rings is 4. The van der Waals surface area contributed by atoms with Gasteiger partial charge in [-0.3, -0.25) is 9.59 Å². The van der Waals surface area contributed by atoms with E-state index >= 15 is 0 Å². The molecular weight excluding hydrogens is 812 g/mol. The first-order chi connectivity index (χ1) is 25.6. The summed E-state index contributed by atoms with van der Waals surface area (Å²) in [6.07, 6.45) is 0.0102. The second-order valence-electron chi connectivity index (χ2n) is 15.0. The predicted octanol–water partition coefficient (Wildman–Crippen LogP) is 11.8. The monoisotopic (exact) mass is 852 g/mol. The minimum atomic E-state index is -0.986. The van der Waals surface area contributed by atoms with Gasteiger partial charge in [0, 0.05) is 11.1 Å².